The van der Waals surface area contributed by atoms with Crippen molar-refractivity contribution in [3.8, 4) is 16.9 Å². The van der Waals surface area contributed by atoms with Gasteiger partial charge in [0.05, 0.1) is 28.7 Å². The van der Waals surface area contributed by atoms with Gasteiger partial charge in [-0.25, -0.2) is 22.8 Å². The van der Waals surface area contributed by atoms with E-state index in [1.165, 1.54) is 21.7 Å². The highest BCUT2D eigenvalue weighted by atomic mass is 19.4. The normalized spacial score (nSPS) is 15.7. The van der Waals surface area contributed by atoms with E-state index in [4.69, 9.17) is 0 Å². The van der Waals surface area contributed by atoms with E-state index in [1.807, 2.05) is 0 Å². The molecule has 0 bridgehead atoms. The number of benzene rings is 2. The second-order valence-electron chi connectivity index (χ2n) is 8.54. The average molecular weight is 520 g/mol. The number of carbonyl (C=O) groups is 1. The molecular weight excluding hydrogens is 502 g/mol. The van der Waals surface area contributed by atoms with Crippen molar-refractivity contribution >= 4 is 5.91 Å². The van der Waals surface area contributed by atoms with E-state index in [9.17, 15) is 31.1 Å². The summed E-state index contributed by atoms with van der Waals surface area (Å²) < 4.78 is 82.6. The number of amides is 1. The number of aryl methyl sites for hydroxylation is 1. The van der Waals surface area contributed by atoms with Crippen LogP contribution in [0.3, 0.4) is 0 Å². The average Bonchev–Trinajstić information content (AvgIpc) is 3.47. The fraction of sp³-hybridized carbons (Fsp3) is 0.250. The Morgan fingerprint density at radius 2 is 1.73 bits per heavy atom. The van der Waals surface area contributed by atoms with Crippen LogP contribution >= 0.6 is 0 Å². The molecule has 3 heterocycles. The third-order valence-corrected chi connectivity index (χ3v) is 6.29. The number of fused-ring (bicyclic) bond motifs is 1. The van der Waals surface area contributed by atoms with Gasteiger partial charge in [0.2, 0.25) is 0 Å². The first kappa shape index (κ1) is 24.5. The number of alkyl halides is 3. The second kappa shape index (κ2) is 8.75. The maximum atomic E-state index is 13.9. The lowest BCUT2D eigenvalue weighted by atomic mass is 9.94. The monoisotopic (exact) mass is 520 g/mol. The summed E-state index contributed by atoms with van der Waals surface area (Å²) >= 11 is 0. The van der Waals surface area contributed by atoms with Crippen LogP contribution in [0.5, 0.6) is 0 Å². The Balaban J connectivity index is 1.50. The Labute approximate surface area is 206 Å². The lowest BCUT2D eigenvalue weighted by molar-refractivity contribution is -0.144. The van der Waals surface area contributed by atoms with Crippen molar-refractivity contribution < 1.29 is 31.1 Å². The molecule has 0 aliphatic carbocycles. The van der Waals surface area contributed by atoms with Crippen LogP contribution in [-0.2, 0) is 19.6 Å². The molecular formula is C24H18F6N6O. The molecule has 1 aliphatic heterocycles. The molecule has 4 aromatic rings. The molecule has 5 rings (SSSR count). The number of carbonyl (C=O) groups excluding carboxylic acids is 1. The molecule has 1 atom stereocenters. The van der Waals surface area contributed by atoms with Crippen molar-refractivity contribution in [2.45, 2.75) is 25.6 Å². The smallest absolute Gasteiger partial charge is 0.330 e. The molecule has 0 radical (unpaired) electrons. The van der Waals surface area contributed by atoms with E-state index in [2.05, 4.69) is 15.2 Å². The number of para-hydroxylation sites is 1. The summed E-state index contributed by atoms with van der Waals surface area (Å²) in [6, 6.07) is 7.27. The minimum Gasteiger partial charge on any atom is -0.330 e. The van der Waals surface area contributed by atoms with Gasteiger partial charge in [-0.3, -0.25) is 9.48 Å². The van der Waals surface area contributed by atoms with Gasteiger partial charge in [0.15, 0.2) is 17.5 Å². The van der Waals surface area contributed by atoms with E-state index in [1.54, 1.807) is 26.1 Å². The number of rotatable bonds is 3. The van der Waals surface area contributed by atoms with E-state index >= 15 is 0 Å². The summed E-state index contributed by atoms with van der Waals surface area (Å²) in [6.07, 6.45) is -3.58. The summed E-state index contributed by atoms with van der Waals surface area (Å²) in [5, 5.41) is 7.93. The zero-order valence-electron chi connectivity index (χ0n) is 19.4. The van der Waals surface area contributed by atoms with Gasteiger partial charge in [0, 0.05) is 24.7 Å². The summed E-state index contributed by atoms with van der Waals surface area (Å²) in [5.41, 5.74) is 1.87. The molecule has 1 amide bonds. The fourth-order valence-corrected chi connectivity index (χ4v) is 4.59. The molecule has 0 N–H and O–H groups in total. The quantitative estimate of drug-likeness (QED) is 0.286. The number of nitrogens with zero attached hydrogens (tertiary/aromatic N) is 6. The van der Waals surface area contributed by atoms with Crippen LogP contribution in [0.15, 0.2) is 42.7 Å². The lowest BCUT2D eigenvalue weighted by Gasteiger charge is -2.33. The molecule has 1 aliphatic rings. The van der Waals surface area contributed by atoms with Crippen LogP contribution in [0.1, 0.15) is 40.4 Å². The van der Waals surface area contributed by atoms with Gasteiger partial charge < -0.3 is 4.90 Å². The zero-order valence-corrected chi connectivity index (χ0v) is 19.4. The summed E-state index contributed by atoms with van der Waals surface area (Å²) in [7, 11) is 1.57. The maximum absolute atomic E-state index is 13.9. The molecule has 7 nitrogen and oxygen atoms in total. The molecule has 13 heteroatoms. The van der Waals surface area contributed by atoms with Gasteiger partial charge in [0.25, 0.3) is 11.7 Å². The number of halogens is 6. The van der Waals surface area contributed by atoms with E-state index in [-0.39, 0.29) is 29.8 Å². The van der Waals surface area contributed by atoms with Crippen LogP contribution in [0.4, 0.5) is 26.3 Å². The Bertz CT molecular complexity index is 1500. The highest BCUT2D eigenvalue weighted by Crippen LogP contribution is 2.37. The molecule has 0 unspecified atom stereocenters. The first-order valence-corrected chi connectivity index (χ1v) is 11.1. The van der Waals surface area contributed by atoms with Crippen LogP contribution in [0, 0.1) is 17.5 Å². The molecule has 2 aromatic carbocycles. The van der Waals surface area contributed by atoms with Gasteiger partial charge in [-0.15, -0.1) is 5.10 Å². The van der Waals surface area contributed by atoms with Gasteiger partial charge >= 0.3 is 6.18 Å². The number of aromatic nitrogens is 5. The lowest BCUT2D eigenvalue weighted by Crippen LogP contribution is -2.39. The summed E-state index contributed by atoms with van der Waals surface area (Å²) in [5.74, 6) is -6.03. The van der Waals surface area contributed by atoms with Crippen molar-refractivity contribution in [1.29, 1.82) is 0 Å². The molecule has 0 fully saturated rings. The van der Waals surface area contributed by atoms with Gasteiger partial charge in [-0.1, -0.05) is 12.1 Å². The predicted octanol–water partition coefficient (Wildman–Crippen LogP) is 4.86. The van der Waals surface area contributed by atoms with Crippen LogP contribution < -0.4 is 0 Å². The Morgan fingerprint density at radius 3 is 2.38 bits per heavy atom. The number of hydrogen-bond donors (Lipinski definition) is 0. The number of hydrogen-bond acceptors (Lipinski definition) is 4. The third kappa shape index (κ3) is 4.13. The van der Waals surface area contributed by atoms with Crippen molar-refractivity contribution in [3.05, 3.63) is 82.8 Å². The standard InChI is InChI=1S/C24H18F6N6O/c1-12-20-15(21(34(2)32-20)13-9-16(25)19(27)17(26)10-13)7-8-35(12)22(37)14-5-3-4-6-18(14)36-11-31-23(33-36)24(28,29)30/h3-6,9-12H,7-8H2,1-2H3/t12-/m0/s1. The van der Waals surface area contributed by atoms with Crippen molar-refractivity contribution in [2.24, 2.45) is 7.05 Å². The first-order valence-electron chi connectivity index (χ1n) is 11.1. The highest BCUT2D eigenvalue weighted by molar-refractivity contribution is 5.98. The van der Waals surface area contributed by atoms with E-state index in [0.29, 0.717) is 17.0 Å². The topological polar surface area (TPSA) is 68.8 Å². The molecule has 0 saturated heterocycles. The molecule has 0 saturated carbocycles. The largest absolute Gasteiger partial charge is 0.453 e. The van der Waals surface area contributed by atoms with Gasteiger partial charge in [-0.2, -0.15) is 18.3 Å². The van der Waals surface area contributed by atoms with Crippen molar-refractivity contribution in [2.75, 3.05) is 6.54 Å². The van der Waals surface area contributed by atoms with E-state index < -0.39 is 41.4 Å². The van der Waals surface area contributed by atoms with Gasteiger partial charge in [0.1, 0.15) is 6.33 Å². The van der Waals surface area contributed by atoms with Gasteiger partial charge in [-0.05, 0) is 37.6 Å². The maximum Gasteiger partial charge on any atom is 0.453 e. The highest BCUT2D eigenvalue weighted by Gasteiger charge is 2.37. The van der Waals surface area contributed by atoms with Crippen LogP contribution in [0.2, 0.25) is 0 Å². The Kier molecular flexibility index (Phi) is 5.80. The zero-order chi connectivity index (χ0) is 26.6. The molecule has 192 valence electrons. The SMILES string of the molecule is C[C@H]1c2nn(C)c(-c3cc(F)c(F)c(F)c3)c2CCN1C(=O)c1ccccc1-n1cnc(C(F)(F)F)n1. The second-order valence-corrected chi connectivity index (χ2v) is 8.54. The Hall–Kier alpha value is -4.16. The van der Waals surface area contributed by atoms with Crippen molar-refractivity contribution in [3.63, 3.8) is 0 Å². The minimum absolute atomic E-state index is 0.107. The summed E-state index contributed by atoms with van der Waals surface area (Å²) in [4.78, 5) is 18.4. The predicted molar refractivity (Wildman–Crippen MR) is 118 cm³/mol. The minimum atomic E-state index is -4.74. The third-order valence-electron chi connectivity index (χ3n) is 6.29. The van der Waals surface area contributed by atoms with Crippen molar-refractivity contribution in [1.82, 2.24) is 29.4 Å². The van der Waals surface area contributed by atoms with Crippen LogP contribution in [0.25, 0.3) is 16.9 Å². The fourth-order valence-electron chi connectivity index (χ4n) is 4.59. The summed E-state index contributed by atoms with van der Waals surface area (Å²) in [6.45, 7) is 1.91. The van der Waals surface area contributed by atoms with E-state index in [0.717, 1.165) is 23.1 Å². The Morgan fingerprint density at radius 1 is 1.05 bits per heavy atom. The molecule has 2 aromatic heterocycles. The van der Waals surface area contributed by atoms with Crippen LogP contribution in [-0.4, -0.2) is 41.9 Å². The molecule has 37 heavy (non-hydrogen) atoms. The molecule has 0 spiro atoms. The first-order chi connectivity index (χ1) is 17.5.